The van der Waals surface area contributed by atoms with Crippen LogP contribution in [-0.2, 0) is 17.9 Å². The summed E-state index contributed by atoms with van der Waals surface area (Å²) < 4.78 is 13.6. The van der Waals surface area contributed by atoms with Crippen LogP contribution in [0.1, 0.15) is 24.2 Å². The lowest BCUT2D eigenvalue weighted by Crippen LogP contribution is -2.29. The quantitative estimate of drug-likeness (QED) is 0.287. The van der Waals surface area contributed by atoms with Crippen LogP contribution in [0.3, 0.4) is 0 Å². The molecule has 3 aromatic carbocycles. The SMILES string of the molecule is Cc1cccc(OCCCCn2c(CNC(=O)COc3ccc(Cl)cc3)nc3ccccc32)c1. The minimum atomic E-state index is -0.208. The summed E-state index contributed by atoms with van der Waals surface area (Å²) in [5.41, 5.74) is 3.16. The van der Waals surface area contributed by atoms with Gasteiger partial charge in [-0.1, -0.05) is 35.9 Å². The Hall–Kier alpha value is -3.51. The molecule has 0 unspecified atom stereocenters. The summed E-state index contributed by atoms with van der Waals surface area (Å²) in [5, 5.41) is 3.53. The van der Waals surface area contributed by atoms with Crippen molar-refractivity contribution in [2.75, 3.05) is 13.2 Å². The van der Waals surface area contributed by atoms with Gasteiger partial charge >= 0.3 is 0 Å². The molecule has 0 bridgehead atoms. The summed E-state index contributed by atoms with van der Waals surface area (Å²) in [6.07, 6.45) is 1.86. The van der Waals surface area contributed by atoms with Gasteiger partial charge in [-0.3, -0.25) is 4.79 Å². The number of rotatable bonds is 11. The third-order valence-electron chi connectivity index (χ3n) is 5.40. The van der Waals surface area contributed by atoms with Gasteiger partial charge in [0.25, 0.3) is 5.91 Å². The second-order valence-electron chi connectivity index (χ2n) is 8.06. The van der Waals surface area contributed by atoms with Crippen molar-refractivity contribution in [3.8, 4) is 11.5 Å². The number of unbranched alkanes of at least 4 members (excludes halogenated alkanes) is 1. The van der Waals surface area contributed by atoms with Crippen molar-refractivity contribution in [3.63, 3.8) is 0 Å². The van der Waals surface area contributed by atoms with Crippen LogP contribution in [-0.4, -0.2) is 28.7 Å². The molecule has 1 aromatic heterocycles. The van der Waals surface area contributed by atoms with Crippen molar-refractivity contribution < 1.29 is 14.3 Å². The minimum absolute atomic E-state index is 0.0713. The predicted molar refractivity (Wildman–Crippen MR) is 134 cm³/mol. The number of amides is 1. The van der Waals surface area contributed by atoms with Gasteiger partial charge in [-0.25, -0.2) is 4.98 Å². The van der Waals surface area contributed by atoms with Crippen molar-refractivity contribution in [1.29, 1.82) is 0 Å². The van der Waals surface area contributed by atoms with Crippen LogP contribution in [0.25, 0.3) is 11.0 Å². The van der Waals surface area contributed by atoms with Gasteiger partial charge in [-0.05, 0) is 73.9 Å². The van der Waals surface area contributed by atoms with Crippen molar-refractivity contribution >= 4 is 28.5 Å². The van der Waals surface area contributed by atoms with Gasteiger partial charge in [0, 0.05) is 11.6 Å². The van der Waals surface area contributed by atoms with E-state index in [2.05, 4.69) is 28.9 Å². The summed E-state index contributed by atoms with van der Waals surface area (Å²) >= 11 is 5.88. The number of nitrogens with zero attached hydrogens (tertiary/aromatic N) is 2. The Kier molecular flexibility index (Phi) is 8.04. The summed E-state index contributed by atoms with van der Waals surface area (Å²) in [6.45, 7) is 3.77. The fourth-order valence-corrected chi connectivity index (χ4v) is 3.81. The molecule has 0 fully saturated rings. The third kappa shape index (κ3) is 6.51. The normalized spacial score (nSPS) is 10.9. The Morgan fingerprint density at radius 3 is 2.62 bits per heavy atom. The molecule has 6 nitrogen and oxygen atoms in total. The number of carbonyl (C=O) groups is 1. The number of ether oxygens (including phenoxy) is 2. The zero-order valence-corrected chi connectivity index (χ0v) is 19.9. The molecule has 0 saturated carbocycles. The van der Waals surface area contributed by atoms with E-state index in [1.54, 1.807) is 24.3 Å². The van der Waals surface area contributed by atoms with E-state index in [-0.39, 0.29) is 12.5 Å². The largest absolute Gasteiger partial charge is 0.494 e. The van der Waals surface area contributed by atoms with Crippen LogP contribution in [0, 0.1) is 6.92 Å². The molecule has 176 valence electrons. The Labute approximate surface area is 204 Å². The zero-order chi connectivity index (χ0) is 23.8. The number of aryl methyl sites for hydroxylation is 2. The van der Waals surface area contributed by atoms with Crippen molar-refractivity contribution in [3.05, 3.63) is 89.2 Å². The molecule has 0 spiro atoms. The fraction of sp³-hybridized carbons (Fsp3) is 0.259. The van der Waals surface area contributed by atoms with Gasteiger partial charge < -0.3 is 19.4 Å². The molecule has 4 aromatic rings. The number of halogens is 1. The average molecular weight is 478 g/mol. The van der Waals surface area contributed by atoms with E-state index >= 15 is 0 Å². The number of fused-ring (bicyclic) bond motifs is 1. The molecule has 0 aliphatic carbocycles. The van der Waals surface area contributed by atoms with Crippen LogP contribution in [0.15, 0.2) is 72.8 Å². The average Bonchev–Trinajstić information content (AvgIpc) is 3.20. The number of nitrogens with one attached hydrogen (secondary N) is 1. The highest BCUT2D eigenvalue weighted by atomic mass is 35.5. The van der Waals surface area contributed by atoms with Crippen molar-refractivity contribution in [1.82, 2.24) is 14.9 Å². The van der Waals surface area contributed by atoms with E-state index in [1.807, 2.05) is 36.4 Å². The molecule has 1 heterocycles. The van der Waals surface area contributed by atoms with E-state index in [0.29, 0.717) is 23.9 Å². The maximum absolute atomic E-state index is 12.3. The van der Waals surface area contributed by atoms with E-state index in [0.717, 1.165) is 42.0 Å². The molecule has 34 heavy (non-hydrogen) atoms. The Balaban J connectivity index is 1.30. The number of para-hydroxylation sites is 2. The first kappa shape index (κ1) is 23.6. The fourth-order valence-electron chi connectivity index (χ4n) is 3.69. The first-order chi connectivity index (χ1) is 16.6. The number of hydrogen-bond donors (Lipinski definition) is 1. The highest BCUT2D eigenvalue weighted by Crippen LogP contribution is 2.18. The van der Waals surface area contributed by atoms with E-state index < -0.39 is 0 Å². The molecule has 0 aliphatic heterocycles. The van der Waals surface area contributed by atoms with Crippen LogP contribution in [0.2, 0.25) is 5.02 Å². The van der Waals surface area contributed by atoms with Gasteiger partial charge in [0.1, 0.15) is 17.3 Å². The topological polar surface area (TPSA) is 65.4 Å². The van der Waals surface area contributed by atoms with Gasteiger partial charge in [-0.15, -0.1) is 0 Å². The Morgan fingerprint density at radius 2 is 1.79 bits per heavy atom. The second kappa shape index (κ2) is 11.6. The summed E-state index contributed by atoms with van der Waals surface area (Å²) in [6, 6.07) is 23.0. The number of benzene rings is 3. The first-order valence-corrected chi connectivity index (χ1v) is 11.7. The van der Waals surface area contributed by atoms with Gasteiger partial charge in [0.2, 0.25) is 0 Å². The lowest BCUT2D eigenvalue weighted by atomic mass is 10.2. The zero-order valence-electron chi connectivity index (χ0n) is 19.2. The van der Waals surface area contributed by atoms with Crippen LogP contribution in [0.4, 0.5) is 0 Å². The van der Waals surface area contributed by atoms with Gasteiger partial charge in [0.15, 0.2) is 6.61 Å². The van der Waals surface area contributed by atoms with Gasteiger partial charge in [-0.2, -0.15) is 0 Å². The molecule has 0 aliphatic rings. The second-order valence-corrected chi connectivity index (χ2v) is 8.50. The van der Waals surface area contributed by atoms with Crippen molar-refractivity contribution in [2.24, 2.45) is 0 Å². The Bertz CT molecular complexity index is 1240. The van der Waals surface area contributed by atoms with Crippen LogP contribution in [0.5, 0.6) is 11.5 Å². The standard InChI is InChI=1S/C27H28ClN3O3/c1-20-7-6-8-23(17-20)33-16-5-4-15-31-25-10-3-2-9-24(25)30-26(31)18-29-27(32)19-34-22-13-11-21(28)12-14-22/h2-3,6-14,17H,4-5,15-16,18-19H2,1H3,(H,29,32). The summed E-state index contributed by atoms with van der Waals surface area (Å²) in [7, 11) is 0. The summed E-state index contributed by atoms with van der Waals surface area (Å²) in [4.78, 5) is 17.1. The van der Waals surface area contributed by atoms with E-state index in [4.69, 9.17) is 26.1 Å². The molecular weight excluding hydrogens is 450 g/mol. The number of carbonyl (C=O) groups excluding carboxylic acids is 1. The van der Waals surface area contributed by atoms with Crippen LogP contribution >= 0.6 is 11.6 Å². The molecule has 4 rings (SSSR count). The van der Waals surface area contributed by atoms with Gasteiger partial charge in [0.05, 0.1) is 24.2 Å². The lowest BCUT2D eigenvalue weighted by molar-refractivity contribution is -0.123. The maximum atomic E-state index is 12.3. The molecule has 1 amide bonds. The number of aromatic nitrogens is 2. The molecule has 1 N–H and O–H groups in total. The van der Waals surface area contributed by atoms with E-state index in [1.165, 1.54) is 5.56 Å². The third-order valence-corrected chi connectivity index (χ3v) is 5.65. The van der Waals surface area contributed by atoms with E-state index in [9.17, 15) is 4.79 Å². The lowest BCUT2D eigenvalue weighted by Gasteiger charge is -2.11. The maximum Gasteiger partial charge on any atom is 0.258 e. The molecule has 7 heteroatoms. The molecule has 0 atom stereocenters. The summed E-state index contributed by atoms with van der Waals surface area (Å²) in [5.74, 6) is 2.11. The van der Waals surface area contributed by atoms with Crippen LogP contribution < -0.4 is 14.8 Å². The first-order valence-electron chi connectivity index (χ1n) is 11.4. The number of imidazole rings is 1. The molecule has 0 saturated heterocycles. The highest BCUT2D eigenvalue weighted by Gasteiger charge is 2.12. The molecule has 0 radical (unpaired) electrons. The monoisotopic (exact) mass is 477 g/mol. The predicted octanol–water partition coefficient (Wildman–Crippen LogP) is 5.55. The smallest absolute Gasteiger partial charge is 0.258 e. The highest BCUT2D eigenvalue weighted by molar-refractivity contribution is 6.30. The molecular formula is C27H28ClN3O3. The number of hydrogen-bond acceptors (Lipinski definition) is 4. The van der Waals surface area contributed by atoms with Crippen molar-refractivity contribution in [2.45, 2.75) is 32.9 Å². The minimum Gasteiger partial charge on any atom is -0.494 e. The Morgan fingerprint density at radius 1 is 0.971 bits per heavy atom.